The van der Waals surface area contributed by atoms with Gasteiger partial charge in [-0.05, 0) is 31.5 Å². The van der Waals surface area contributed by atoms with E-state index in [-0.39, 0.29) is 11.8 Å². The molecule has 0 saturated carbocycles. The molecule has 2 aliphatic heterocycles. The molecule has 0 spiro atoms. The summed E-state index contributed by atoms with van der Waals surface area (Å²) < 4.78 is 13.0. The second-order valence-corrected chi connectivity index (χ2v) is 7.43. The number of rotatable bonds is 4. The standard InChI is InChI=1S/C18H18FN5OS/c1-11-9-15(22-21-11)16-12(2)20-17(26-16)24-8-7-23(18(24)25)10-13-3-5-14(19)6-4-13/h3-6H,7-10H2,1-2H3. The lowest BCUT2D eigenvalue weighted by Gasteiger charge is -2.16. The Morgan fingerprint density at radius 3 is 2.62 bits per heavy atom. The molecule has 1 saturated heterocycles. The summed E-state index contributed by atoms with van der Waals surface area (Å²) in [6, 6.07) is 6.16. The van der Waals surface area contributed by atoms with Gasteiger partial charge in [-0.2, -0.15) is 10.2 Å². The van der Waals surface area contributed by atoms with E-state index in [2.05, 4.69) is 15.2 Å². The molecule has 0 unspecified atom stereocenters. The number of hydrogen-bond donors (Lipinski definition) is 0. The molecule has 2 amide bonds. The van der Waals surface area contributed by atoms with E-state index in [1.54, 1.807) is 21.9 Å². The van der Waals surface area contributed by atoms with Gasteiger partial charge in [0.1, 0.15) is 5.82 Å². The largest absolute Gasteiger partial charge is 0.326 e. The minimum Gasteiger partial charge on any atom is -0.318 e. The molecule has 3 heterocycles. The molecule has 2 aliphatic rings. The monoisotopic (exact) mass is 371 g/mol. The molecule has 134 valence electrons. The summed E-state index contributed by atoms with van der Waals surface area (Å²) in [7, 11) is 0. The summed E-state index contributed by atoms with van der Waals surface area (Å²) in [6.45, 7) is 5.56. The lowest BCUT2D eigenvalue weighted by molar-refractivity contribution is 0.219. The Labute approximate surface area is 154 Å². The van der Waals surface area contributed by atoms with Gasteiger partial charge in [0, 0.05) is 31.8 Å². The molecule has 0 radical (unpaired) electrons. The number of benzene rings is 1. The molecule has 8 heteroatoms. The van der Waals surface area contributed by atoms with Gasteiger partial charge in [-0.25, -0.2) is 14.2 Å². The summed E-state index contributed by atoms with van der Waals surface area (Å²) in [6.07, 6.45) is 0.729. The Bertz CT molecular complexity index is 918. The molecule has 6 nitrogen and oxygen atoms in total. The normalized spacial score (nSPS) is 17.1. The number of nitrogens with zero attached hydrogens (tertiary/aromatic N) is 5. The number of carbonyl (C=O) groups excluding carboxylic acids is 1. The Balaban J connectivity index is 1.49. The van der Waals surface area contributed by atoms with Crippen molar-refractivity contribution < 1.29 is 9.18 Å². The highest BCUT2D eigenvalue weighted by Gasteiger charge is 2.32. The first-order valence-corrected chi connectivity index (χ1v) is 9.21. The molecule has 0 aliphatic carbocycles. The van der Waals surface area contributed by atoms with Crippen LogP contribution in [0.25, 0.3) is 0 Å². The Kier molecular flexibility index (Phi) is 4.28. The van der Waals surface area contributed by atoms with Crippen LogP contribution in [0.15, 0.2) is 34.5 Å². The van der Waals surface area contributed by atoms with Gasteiger partial charge in [0.15, 0.2) is 5.13 Å². The molecule has 0 bridgehead atoms. The van der Waals surface area contributed by atoms with Crippen LogP contribution in [0.1, 0.15) is 29.5 Å². The third-order valence-electron chi connectivity index (χ3n) is 4.42. The molecule has 2 aromatic rings. The maximum atomic E-state index is 13.0. The number of urea groups is 1. The van der Waals surface area contributed by atoms with Crippen molar-refractivity contribution in [2.75, 3.05) is 18.0 Å². The Morgan fingerprint density at radius 2 is 1.92 bits per heavy atom. The number of thiazole rings is 1. The molecule has 0 atom stereocenters. The van der Waals surface area contributed by atoms with Crippen molar-refractivity contribution in [1.82, 2.24) is 9.88 Å². The predicted octanol–water partition coefficient (Wildman–Crippen LogP) is 3.60. The van der Waals surface area contributed by atoms with Crippen molar-refractivity contribution in [3.05, 3.63) is 46.2 Å². The molecule has 1 aromatic heterocycles. The first kappa shape index (κ1) is 16.8. The summed E-state index contributed by atoms with van der Waals surface area (Å²) >= 11 is 1.48. The quantitative estimate of drug-likeness (QED) is 0.824. The second kappa shape index (κ2) is 6.60. The summed E-state index contributed by atoms with van der Waals surface area (Å²) in [5.74, 6) is -0.275. The number of halogens is 1. The lowest BCUT2D eigenvalue weighted by Crippen LogP contribution is -2.31. The third kappa shape index (κ3) is 3.12. The van der Waals surface area contributed by atoms with Gasteiger partial charge in [-0.1, -0.05) is 23.5 Å². The number of anilines is 1. The van der Waals surface area contributed by atoms with E-state index in [0.717, 1.165) is 34.0 Å². The SMILES string of the molecule is CC1=NN=C(c2sc(N3CCN(Cc4ccc(F)cc4)C3=O)nc2C)C1. The van der Waals surface area contributed by atoms with Crippen LogP contribution in [0.3, 0.4) is 0 Å². The number of aryl methyl sites for hydroxylation is 1. The van der Waals surface area contributed by atoms with E-state index < -0.39 is 0 Å². The molecule has 1 fully saturated rings. The average Bonchev–Trinajstić information content (AvgIpc) is 3.30. The van der Waals surface area contributed by atoms with Crippen LogP contribution in [0, 0.1) is 12.7 Å². The maximum absolute atomic E-state index is 13.0. The first-order valence-electron chi connectivity index (χ1n) is 8.40. The first-order chi connectivity index (χ1) is 12.5. The van der Waals surface area contributed by atoms with Crippen LogP contribution < -0.4 is 4.90 Å². The van der Waals surface area contributed by atoms with Gasteiger partial charge < -0.3 is 4.90 Å². The molecular formula is C18H18FN5OS. The fourth-order valence-corrected chi connectivity index (χ4v) is 4.14. The van der Waals surface area contributed by atoms with E-state index in [4.69, 9.17) is 0 Å². The summed E-state index contributed by atoms with van der Waals surface area (Å²) in [5.41, 5.74) is 3.68. The fourth-order valence-electron chi connectivity index (χ4n) is 3.07. The highest BCUT2D eigenvalue weighted by Crippen LogP contribution is 2.31. The maximum Gasteiger partial charge on any atom is 0.326 e. The minimum absolute atomic E-state index is 0.0737. The molecule has 4 rings (SSSR count). The molecule has 26 heavy (non-hydrogen) atoms. The molecule has 1 aromatic carbocycles. The zero-order valence-electron chi connectivity index (χ0n) is 14.6. The van der Waals surface area contributed by atoms with Gasteiger partial charge in [0.25, 0.3) is 0 Å². The van der Waals surface area contributed by atoms with Crippen LogP contribution in [0.4, 0.5) is 14.3 Å². The second-order valence-electron chi connectivity index (χ2n) is 6.45. The zero-order chi connectivity index (χ0) is 18.3. The fraction of sp³-hybridized carbons (Fsp3) is 0.333. The van der Waals surface area contributed by atoms with Gasteiger partial charge in [-0.3, -0.25) is 4.90 Å². The number of hydrogen-bond acceptors (Lipinski definition) is 5. The van der Waals surface area contributed by atoms with Crippen molar-refractivity contribution in [3.8, 4) is 0 Å². The van der Waals surface area contributed by atoms with Crippen molar-refractivity contribution in [2.45, 2.75) is 26.8 Å². The summed E-state index contributed by atoms with van der Waals surface area (Å²) in [5, 5.41) is 9.00. The van der Waals surface area contributed by atoms with E-state index in [9.17, 15) is 9.18 Å². The van der Waals surface area contributed by atoms with Gasteiger partial charge >= 0.3 is 6.03 Å². The van der Waals surface area contributed by atoms with E-state index >= 15 is 0 Å². The van der Waals surface area contributed by atoms with Gasteiger partial charge in [0.2, 0.25) is 0 Å². The smallest absolute Gasteiger partial charge is 0.318 e. The van der Waals surface area contributed by atoms with Crippen molar-refractivity contribution in [3.63, 3.8) is 0 Å². The van der Waals surface area contributed by atoms with Crippen LogP contribution in [0.5, 0.6) is 0 Å². The predicted molar refractivity (Wildman–Crippen MR) is 101 cm³/mol. The van der Waals surface area contributed by atoms with Crippen LogP contribution in [-0.2, 0) is 6.54 Å². The van der Waals surface area contributed by atoms with Gasteiger partial charge in [0.05, 0.1) is 16.3 Å². The highest BCUT2D eigenvalue weighted by molar-refractivity contribution is 7.18. The number of aromatic nitrogens is 1. The Morgan fingerprint density at radius 1 is 1.15 bits per heavy atom. The zero-order valence-corrected chi connectivity index (χ0v) is 15.4. The highest BCUT2D eigenvalue weighted by atomic mass is 32.1. The minimum atomic E-state index is -0.275. The average molecular weight is 371 g/mol. The lowest BCUT2D eigenvalue weighted by atomic mass is 10.1. The Hall–Kier alpha value is -2.61. The third-order valence-corrected chi connectivity index (χ3v) is 5.65. The number of carbonyl (C=O) groups is 1. The van der Waals surface area contributed by atoms with Crippen LogP contribution >= 0.6 is 11.3 Å². The van der Waals surface area contributed by atoms with Crippen molar-refractivity contribution in [1.29, 1.82) is 0 Å². The van der Waals surface area contributed by atoms with Crippen molar-refractivity contribution in [2.24, 2.45) is 10.2 Å². The van der Waals surface area contributed by atoms with Gasteiger partial charge in [-0.15, -0.1) is 0 Å². The topological polar surface area (TPSA) is 61.2 Å². The number of amides is 2. The summed E-state index contributed by atoms with van der Waals surface area (Å²) in [4.78, 5) is 21.8. The van der Waals surface area contributed by atoms with E-state index in [0.29, 0.717) is 24.8 Å². The van der Waals surface area contributed by atoms with Crippen LogP contribution in [0.2, 0.25) is 0 Å². The molecular weight excluding hydrogens is 353 g/mol. The van der Waals surface area contributed by atoms with Crippen molar-refractivity contribution >= 4 is 33.9 Å². The van der Waals surface area contributed by atoms with E-state index in [1.165, 1.54) is 23.5 Å². The van der Waals surface area contributed by atoms with E-state index in [1.807, 2.05) is 13.8 Å². The molecule has 0 N–H and O–H groups in total. The van der Waals surface area contributed by atoms with Crippen LogP contribution in [-0.4, -0.2) is 40.4 Å².